The van der Waals surface area contributed by atoms with Gasteiger partial charge in [0.25, 0.3) is 0 Å². The minimum Gasteiger partial charge on any atom is -0.403 e. The number of nitrogens with one attached hydrogen (secondary N) is 2. The van der Waals surface area contributed by atoms with Gasteiger partial charge in [-0.05, 0) is 12.1 Å². The van der Waals surface area contributed by atoms with Crippen molar-refractivity contribution in [2.45, 2.75) is 0 Å². The first kappa shape index (κ1) is 10.2. The Labute approximate surface area is 82.7 Å². The van der Waals surface area contributed by atoms with Gasteiger partial charge in [0.15, 0.2) is 0 Å². The molecule has 0 atom stereocenters. The molecular weight excluding hydrogens is 180 g/mol. The fraction of sp³-hybridized carbons (Fsp3) is 0.111. The second-order valence-corrected chi connectivity index (χ2v) is 2.53. The molecule has 5 heteroatoms. The van der Waals surface area contributed by atoms with Crippen molar-refractivity contribution in [3.63, 3.8) is 0 Å². The molecule has 76 valence electrons. The third-order valence-corrected chi connectivity index (χ3v) is 1.54. The highest BCUT2D eigenvalue weighted by molar-refractivity contribution is 5.65. The van der Waals surface area contributed by atoms with Crippen molar-refractivity contribution in [2.75, 3.05) is 17.8 Å². The van der Waals surface area contributed by atoms with Crippen LogP contribution in [0.15, 0.2) is 36.7 Å². The number of para-hydroxylation sites is 2. The van der Waals surface area contributed by atoms with Gasteiger partial charge in [-0.2, -0.15) is 0 Å². The van der Waals surface area contributed by atoms with Gasteiger partial charge in [-0.1, -0.05) is 12.1 Å². The molecule has 6 N–H and O–H groups in total. The molecular formula is C9H14N4O. The Hall–Kier alpha value is -1.88. The van der Waals surface area contributed by atoms with Crippen molar-refractivity contribution in [1.82, 2.24) is 5.48 Å². The SMILES string of the molecule is N/C=C\NOCNc1ccccc1N. The molecule has 0 aliphatic carbocycles. The zero-order valence-corrected chi connectivity index (χ0v) is 7.73. The van der Waals surface area contributed by atoms with E-state index in [4.69, 9.17) is 16.3 Å². The van der Waals surface area contributed by atoms with Crippen molar-refractivity contribution in [3.8, 4) is 0 Å². The summed E-state index contributed by atoms with van der Waals surface area (Å²) in [5.74, 6) is 0. The molecule has 1 aromatic carbocycles. The van der Waals surface area contributed by atoms with Crippen molar-refractivity contribution >= 4 is 11.4 Å². The number of nitrogen functional groups attached to an aromatic ring is 1. The number of hydrogen-bond donors (Lipinski definition) is 4. The average Bonchev–Trinajstić information content (AvgIpc) is 2.20. The van der Waals surface area contributed by atoms with E-state index in [-0.39, 0.29) is 0 Å². The van der Waals surface area contributed by atoms with Gasteiger partial charge in [-0.15, -0.1) is 0 Å². The monoisotopic (exact) mass is 194 g/mol. The molecule has 1 aromatic rings. The number of benzene rings is 1. The molecule has 5 nitrogen and oxygen atoms in total. The highest BCUT2D eigenvalue weighted by Crippen LogP contribution is 2.15. The predicted molar refractivity (Wildman–Crippen MR) is 56.9 cm³/mol. The first-order chi connectivity index (χ1) is 6.84. The molecule has 0 saturated carbocycles. The van der Waals surface area contributed by atoms with E-state index in [0.717, 1.165) is 5.69 Å². The maximum Gasteiger partial charge on any atom is 0.144 e. The van der Waals surface area contributed by atoms with Crippen molar-refractivity contribution < 1.29 is 4.84 Å². The first-order valence-corrected chi connectivity index (χ1v) is 4.17. The summed E-state index contributed by atoms with van der Waals surface area (Å²) < 4.78 is 0. The number of anilines is 2. The first-order valence-electron chi connectivity index (χ1n) is 4.17. The van der Waals surface area contributed by atoms with E-state index < -0.39 is 0 Å². The lowest BCUT2D eigenvalue weighted by atomic mass is 10.3. The molecule has 0 radical (unpaired) electrons. The van der Waals surface area contributed by atoms with Gasteiger partial charge in [0.1, 0.15) is 6.73 Å². The van der Waals surface area contributed by atoms with Crippen LogP contribution in [0.25, 0.3) is 0 Å². The third-order valence-electron chi connectivity index (χ3n) is 1.54. The van der Waals surface area contributed by atoms with Crippen LogP contribution in [0, 0.1) is 0 Å². The summed E-state index contributed by atoms with van der Waals surface area (Å²) in [5.41, 5.74) is 14.8. The Bertz CT molecular complexity index is 301. The van der Waals surface area contributed by atoms with Gasteiger partial charge in [0, 0.05) is 12.4 Å². The lowest BCUT2D eigenvalue weighted by molar-refractivity contribution is 0.0866. The van der Waals surface area contributed by atoms with E-state index in [1.165, 1.54) is 12.4 Å². The van der Waals surface area contributed by atoms with Gasteiger partial charge >= 0.3 is 0 Å². The van der Waals surface area contributed by atoms with Gasteiger partial charge < -0.3 is 16.8 Å². The Kier molecular flexibility index (Phi) is 4.16. The topological polar surface area (TPSA) is 85.3 Å². The minimum atomic E-state index is 0.304. The Morgan fingerprint density at radius 2 is 2.14 bits per heavy atom. The van der Waals surface area contributed by atoms with E-state index in [0.29, 0.717) is 12.4 Å². The molecule has 0 aliphatic heterocycles. The largest absolute Gasteiger partial charge is 0.403 e. The molecule has 1 rings (SSSR count). The van der Waals surface area contributed by atoms with Crippen molar-refractivity contribution in [1.29, 1.82) is 0 Å². The second kappa shape index (κ2) is 5.71. The van der Waals surface area contributed by atoms with Crippen LogP contribution in [0.2, 0.25) is 0 Å². The Balaban J connectivity index is 2.28. The van der Waals surface area contributed by atoms with Crippen LogP contribution in [-0.2, 0) is 4.84 Å². The highest BCUT2D eigenvalue weighted by Gasteiger charge is 1.94. The summed E-state index contributed by atoms with van der Waals surface area (Å²) >= 11 is 0. The zero-order chi connectivity index (χ0) is 10.2. The molecule has 0 heterocycles. The van der Waals surface area contributed by atoms with Gasteiger partial charge in [0.2, 0.25) is 0 Å². The molecule has 0 saturated heterocycles. The highest BCUT2D eigenvalue weighted by atomic mass is 16.6. The smallest absolute Gasteiger partial charge is 0.144 e. The van der Waals surface area contributed by atoms with E-state index in [2.05, 4.69) is 10.8 Å². The zero-order valence-electron chi connectivity index (χ0n) is 7.73. The Morgan fingerprint density at radius 1 is 1.36 bits per heavy atom. The number of hydroxylamine groups is 1. The fourth-order valence-corrected chi connectivity index (χ4v) is 0.901. The number of nitrogens with two attached hydrogens (primary N) is 2. The van der Waals surface area contributed by atoms with Gasteiger partial charge in [-0.3, -0.25) is 10.3 Å². The summed E-state index contributed by atoms with van der Waals surface area (Å²) in [6, 6.07) is 7.45. The number of rotatable bonds is 5. The molecule has 0 fully saturated rings. The lowest BCUT2D eigenvalue weighted by Gasteiger charge is -2.08. The Morgan fingerprint density at radius 3 is 2.86 bits per heavy atom. The predicted octanol–water partition coefficient (Wildman–Crippen LogP) is 0.589. The van der Waals surface area contributed by atoms with E-state index >= 15 is 0 Å². The minimum absolute atomic E-state index is 0.304. The summed E-state index contributed by atoms with van der Waals surface area (Å²) in [7, 11) is 0. The molecule has 14 heavy (non-hydrogen) atoms. The quantitative estimate of drug-likeness (QED) is 0.238. The van der Waals surface area contributed by atoms with Crippen molar-refractivity contribution in [3.05, 3.63) is 36.7 Å². The van der Waals surface area contributed by atoms with Crippen LogP contribution < -0.4 is 22.3 Å². The summed E-state index contributed by atoms with van der Waals surface area (Å²) in [6.07, 6.45) is 2.83. The van der Waals surface area contributed by atoms with Crippen LogP contribution in [-0.4, -0.2) is 6.73 Å². The second-order valence-electron chi connectivity index (χ2n) is 2.53. The third kappa shape index (κ3) is 3.24. The van der Waals surface area contributed by atoms with E-state index in [1.807, 2.05) is 24.3 Å². The summed E-state index contributed by atoms with van der Waals surface area (Å²) in [6.45, 7) is 0.304. The van der Waals surface area contributed by atoms with E-state index in [9.17, 15) is 0 Å². The van der Waals surface area contributed by atoms with Crippen molar-refractivity contribution in [2.24, 2.45) is 5.73 Å². The van der Waals surface area contributed by atoms with Gasteiger partial charge in [-0.25, -0.2) is 0 Å². The van der Waals surface area contributed by atoms with Crippen LogP contribution >= 0.6 is 0 Å². The van der Waals surface area contributed by atoms with E-state index in [1.54, 1.807) is 0 Å². The summed E-state index contributed by atoms with van der Waals surface area (Å²) in [5, 5.41) is 2.99. The van der Waals surface area contributed by atoms with Crippen LogP contribution in [0.4, 0.5) is 11.4 Å². The molecule has 0 aliphatic rings. The molecule has 0 amide bonds. The lowest BCUT2D eigenvalue weighted by Crippen LogP contribution is -2.15. The standard InChI is InChI=1S/C9H14N4O/c10-5-6-13-14-7-12-9-4-2-1-3-8(9)11/h1-6,12-13H,7,10-11H2/b6-5-. The average molecular weight is 194 g/mol. The molecule has 0 spiro atoms. The normalized spacial score (nSPS) is 10.3. The van der Waals surface area contributed by atoms with Gasteiger partial charge in [0.05, 0.1) is 11.4 Å². The van der Waals surface area contributed by atoms with Crippen LogP contribution in [0.3, 0.4) is 0 Å². The molecule has 0 bridgehead atoms. The summed E-state index contributed by atoms with van der Waals surface area (Å²) in [4.78, 5) is 4.95. The number of hydrogen-bond acceptors (Lipinski definition) is 5. The fourth-order valence-electron chi connectivity index (χ4n) is 0.901. The maximum absolute atomic E-state index is 5.69. The van der Waals surface area contributed by atoms with Crippen LogP contribution in [0.1, 0.15) is 0 Å². The van der Waals surface area contributed by atoms with Crippen LogP contribution in [0.5, 0.6) is 0 Å². The molecule has 0 aromatic heterocycles. The molecule has 0 unspecified atom stereocenters. The maximum atomic E-state index is 5.69.